The smallest absolute Gasteiger partial charge is 0.238 e. The molecule has 0 saturated heterocycles. The summed E-state index contributed by atoms with van der Waals surface area (Å²) >= 11 is 0. The summed E-state index contributed by atoms with van der Waals surface area (Å²) in [5, 5.41) is 8.88. The highest BCUT2D eigenvalue weighted by atomic mass is 32.2. The Morgan fingerprint density at radius 3 is 2.76 bits per heavy atom. The number of aromatic nitrogens is 2. The lowest BCUT2D eigenvalue weighted by Gasteiger charge is -2.08. The summed E-state index contributed by atoms with van der Waals surface area (Å²) in [4.78, 5) is 4.24. The zero-order chi connectivity index (χ0) is 15.5. The van der Waals surface area contributed by atoms with Crippen molar-refractivity contribution in [2.45, 2.75) is 38.2 Å². The van der Waals surface area contributed by atoms with E-state index in [2.05, 4.69) is 10.1 Å². The molecule has 1 aromatic heterocycles. The van der Waals surface area contributed by atoms with Gasteiger partial charge in [-0.3, -0.25) is 0 Å². The number of rotatable bonds is 6. The highest BCUT2D eigenvalue weighted by Crippen LogP contribution is 2.21. The van der Waals surface area contributed by atoms with E-state index in [1.54, 1.807) is 13.0 Å². The van der Waals surface area contributed by atoms with E-state index >= 15 is 0 Å². The second-order valence-electron chi connectivity index (χ2n) is 4.62. The van der Waals surface area contributed by atoms with Gasteiger partial charge in [-0.15, -0.1) is 0 Å². The van der Waals surface area contributed by atoms with Crippen LogP contribution in [0.5, 0.6) is 5.75 Å². The highest BCUT2D eigenvalue weighted by molar-refractivity contribution is 7.89. The van der Waals surface area contributed by atoms with Crippen molar-refractivity contribution in [2.75, 3.05) is 0 Å². The van der Waals surface area contributed by atoms with Gasteiger partial charge in [0, 0.05) is 6.42 Å². The largest absolute Gasteiger partial charge is 0.485 e. The Labute approximate surface area is 123 Å². The predicted molar refractivity (Wildman–Crippen MR) is 75.2 cm³/mol. The first kappa shape index (κ1) is 15.5. The van der Waals surface area contributed by atoms with Crippen LogP contribution in [0.1, 0.15) is 30.6 Å². The van der Waals surface area contributed by atoms with Gasteiger partial charge in [-0.05, 0) is 37.1 Å². The summed E-state index contributed by atoms with van der Waals surface area (Å²) in [6, 6.07) is 4.42. The molecule has 2 aromatic rings. The minimum absolute atomic E-state index is 0.0529. The third-order valence-electron chi connectivity index (χ3n) is 2.81. The lowest BCUT2D eigenvalue weighted by atomic mass is 10.2. The van der Waals surface area contributed by atoms with Gasteiger partial charge in [-0.2, -0.15) is 4.98 Å². The number of sulfonamides is 1. The standard InChI is InChI=1S/C13H17N3O4S/c1-3-4-13-15-12(16-20-13)8-19-11-6-5-10(7-9(11)2)21(14,17)18/h5-7H,3-4,8H2,1-2H3,(H2,14,17,18). The first-order valence-electron chi connectivity index (χ1n) is 6.48. The molecule has 7 nitrogen and oxygen atoms in total. The van der Waals surface area contributed by atoms with Crippen LogP contribution in [0.15, 0.2) is 27.6 Å². The van der Waals surface area contributed by atoms with Gasteiger partial charge in [-0.25, -0.2) is 13.6 Å². The molecule has 0 saturated carbocycles. The quantitative estimate of drug-likeness (QED) is 0.867. The van der Waals surface area contributed by atoms with Gasteiger partial charge in [0.1, 0.15) is 5.75 Å². The van der Waals surface area contributed by atoms with E-state index in [0.29, 0.717) is 23.0 Å². The predicted octanol–water partition coefficient (Wildman–Crippen LogP) is 1.56. The Morgan fingerprint density at radius 1 is 1.38 bits per heavy atom. The van der Waals surface area contributed by atoms with Crippen LogP contribution >= 0.6 is 0 Å². The van der Waals surface area contributed by atoms with Crippen LogP contribution in [0.25, 0.3) is 0 Å². The van der Waals surface area contributed by atoms with E-state index in [4.69, 9.17) is 14.4 Å². The summed E-state index contributed by atoms with van der Waals surface area (Å²) < 4.78 is 33.1. The Morgan fingerprint density at radius 2 is 2.14 bits per heavy atom. The monoisotopic (exact) mass is 311 g/mol. The molecule has 0 bridgehead atoms. The molecule has 0 spiro atoms. The number of hydrogen-bond donors (Lipinski definition) is 1. The highest BCUT2D eigenvalue weighted by Gasteiger charge is 2.11. The molecule has 0 amide bonds. The van der Waals surface area contributed by atoms with Crippen molar-refractivity contribution in [1.82, 2.24) is 10.1 Å². The van der Waals surface area contributed by atoms with E-state index < -0.39 is 10.0 Å². The van der Waals surface area contributed by atoms with E-state index in [-0.39, 0.29) is 11.5 Å². The summed E-state index contributed by atoms with van der Waals surface area (Å²) in [5.41, 5.74) is 0.666. The molecule has 0 radical (unpaired) electrons. The SMILES string of the molecule is CCCc1nc(COc2ccc(S(N)(=O)=O)cc2C)no1. The number of benzene rings is 1. The second kappa shape index (κ2) is 6.23. The number of primary sulfonamides is 1. The summed E-state index contributed by atoms with van der Waals surface area (Å²) in [5.74, 6) is 1.58. The van der Waals surface area contributed by atoms with E-state index in [1.807, 2.05) is 6.92 Å². The molecule has 2 rings (SSSR count). The third-order valence-corrected chi connectivity index (χ3v) is 3.72. The van der Waals surface area contributed by atoms with Crippen molar-refractivity contribution in [3.05, 3.63) is 35.5 Å². The number of ether oxygens (including phenoxy) is 1. The Kier molecular flexibility index (Phi) is 4.59. The maximum Gasteiger partial charge on any atom is 0.238 e. The van der Waals surface area contributed by atoms with Gasteiger partial charge in [0.05, 0.1) is 4.90 Å². The molecular formula is C13H17N3O4S. The summed E-state index contributed by atoms with van der Waals surface area (Å²) in [6.07, 6.45) is 1.66. The first-order chi connectivity index (χ1) is 9.90. The van der Waals surface area contributed by atoms with Crippen molar-refractivity contribution < 1.29 is 17.7 Å². The zero-order valence-corrected chi connectivity index (χ0v) is 12.7. The first-order valence-corrected chi connectivity index (χ1v) is 8.02. The lowest BCUT2D eigenvalue weighted by Crippen LogP contribution is -2.12. The molecule has 1 aromatic carbocycles. The van der Waals surface area contributed by atoms with Gasteiger partial charge in [-0.1, -0.05) is 12.1 Å². The minimum atomic E-state index is -3.71. The second-order valence-corrected chi connectivity index (χ2v) is 6.18. The van der Waals surface area contributed by atoms with E-state index in [0.717, 1.165) is 12.8 Å². The molecule has 114 valence electrons. The minimum Gasteiger partial charge on any atom is -0.485 e. The molecule has 0 aliphatic carbocycles. The molecule has 0 unspecified atom stereocenters. The van der Waals surface area contributed by atoms with Crippen LogP contribution in [-0.2, 0) is 23.1 Å². The Bertz CT molecular complexity index is 725. The fourth-order valence-corrected chi connectivity index (χ4v) is 2.37. The van der Waals surface area contributed by atoms with Gasteiger partial charge in [0.2, 0.25) is 21.7 Å². The normalized spacial score (nSPS) is 11.6. The molecule has 0 fully saturated rings. The van der Waals surface area contributed by atoms with E-state index in [9.17, 15) is 8.42 Å². The number of hydrogen-bond acceptors (Lipinski definition) is 6. The molecule has 21 heavy (non-hydrogen) atoms. The third kappa shape index (κ3) is 4.02. The number of nitrogens with two attached hydrogens (primary N) is 1. The van der Waals surface area contributed by atoms with E-state index in [1.165, 1.54) is 12.1 Å². The molecule has 1 heterocycles. The van der Waals surface area contributed by atoms with Crippen LogP contribution in [0.2, 0.25) is 0 Å². The van der Waals surface area contributed by atoms with Crippen molar-refractivity contribution in [1.29, 1.82) is 0 Å². The molecule has 8 heteroatoms. The van der Waals surface area contributed by atoms with Gasteiger partial charge < -0.3 is 9.26 Å². The Balaban J connectivity index is 2.06. The van der Waals surface area contributed by atoms with Crippen molar-refractivity contribution in [3.8, 4) is 5.75 Å². The van der Waals surface area contributed by atoms with Gasteiger partial charge in [0.25, 0.3) is 0 Å². The van der Waals surface area contributed by atoms with Crippen LogP contribution in [0.4, 0.5) is 0 Å². The van der Waals surface area contributed by atoms with Crippen molar-refractivity contribution in [2.24, 2.45) is 5.14 Å². The fraction of sp³-hybridized carbons (Fsp3) is 0.385. The van der Waals surface area contributed by atoms with Crippen molar-refractivity contribution in [3.63, 3.8) is 0 Å². The number of aryl methyl sites for hydroxylation is 2. The fourth-order valence-electron chi connectivity index (χ4n) is 1.77. The molecule has 0 atom stereocenters. The maximum absolute atomic E-state index is 11.2. The summed E-state index contributed by atoms with van der Waals surface area (Å²) in [6.45, 7) is 3.92. The maximum atomic E-state index is 11.2. The molecular weight excluding hydrogens is 294 g/mol. The van der Waals surface area contributed by atoms with Crippen LogP contribution in [0.3, 0.4) is 0 Å². The lowest BCUT2D eigenvalue weighted by molar-refractivity contribution is 0.283. The van der Waals surface area contributed by atoms with Gasteiger partial charge >= 0.3 is 0 Å². The average molecular weight is 311 g/mol. The molecule has 2 N–H and O–H groups in total. The Hall–Kier alpha value is -1.93. The van der Waals surface area contributed by atoms with Crippen LogP contribution in [0, 0.1) is 6.92 Å². The number of nitrogens with zero attached hydrogens (tertiary/aromatic N) is 2. The van der Waals surface area contributed by atoms with Crippen molar-refractivity contribution >= 4 is 10.0 Å². The molecule has 0 aliphatic rings. The summed E-state index contributed by atoms with van der Waals surface area (Å²) in [7, 11) is -3.71. The van der Waals surface area contributed by atoms with Gasteiger partial charge in [0.15, 0.2) is 6.61 Å². The average Bonchev–Trinajstić information content (AvgIpc) is 2.84. The topological polar surface area (TPSA) is 108 Å². The van der Waals surface area contributed by atoms with Crippen LogP contribution in [-0.4, -0.2) is 18.6 Å². The van der Waals surface area contributed by atoms with Crippen LogP contribution < -0.4 is 9.88 Å². The molecule has 0 aliphatic heterocycles. The zero-order valence-electron chi connectivity index (χ0n) is 11.9.